The highest BCUT2D eigenvalue weighted by molar-refractivity contribution is 7.99. The summed E-state index contributed by atoms with van der Waals surface area (Å²) in [4.78, 5) is 0. The van der Waals surface area contributed by atoms with E-state index in [4.69, 9.17) is 37.9 Å². The molecule has 0 unspecified atom stereocenters. The monoisotopic (exact) mass is 979 g/mol. The Bertz CT molecular complexity index is 1260. The van der Waals surface area contributed by atoms with Crippen molar-refractivity contribution in [2.45, 2.75) is 232 Å². The van der Waals surface area contributed by atoms with Gasteiger partial charge in [-0.05, 0) is 12.2 Å². The van der Waals surface area contributed by atoms with Crippen molar-refractivity contribution in [1.29, 1.82) is 0 Å². The van der Waals surface area contributed by atoms with Crippen molar-refractivity contribution in [3.05, 3.63) is 0 Å². The highest BCUT2D eigenvalue weighted by Crippen LogP contribution is 2.33. The van der Waals surface area contributed by atoms with Crippen molar-refractivity contribution in [3.8, 4) is 0 Å². The number of aliphatic hydroxyl groups excluding tert-OH is 13. The van der Waals surface area contributed by atoms with E-state index in [0.717, 1.165) is 18.6 Å². The van der Waals surface area contributed by atoms with Crippen LogP contribution in [0.1, 0.15) is 110 Å². The number of rotatable bonds is 31. The lowest BCUT2D eigenvalue weighted by atomic mass is 9.96. The van der Waals surface area contributed by atoms with E-state index in [-0.39, 0.29) is 6.61 Å². The average molecular weight is 979 g/mol. The summed E-state index contributed by atoms with van der Waals surface area (Å²) in [5.74, 6) is 1.56. The van der Waals surface area contributed by atoms with Crippen LogP contribution in [0.4, 0.5) is 0 Å². The third-order valence-electron chi connectivity index (χ3n) is 12.8. The van der Waals surface area contributed by atoms with E-state index < -0.39 is 149 Å². The molecule has 0 aliphatic carbocycles. The van der Waals surface area contributed by atoms with Gasteiger partial charge in [0.15, 0.2) is 25.2 Å². The molecule has 66 heavy (non-hydrogen) atoms. The Morgan fingerprint density at radius 3 is 1.21 bits per heavy atom. The number of hydrogen-bond donors (Lipinski definition) is 13. The number of ether oxygens (including phenoxy) is 8. The van der Waals surface area contributed by atoms with E-state index in [2.05, 4.69) is 6.92 Å². The SMILES string of the molecule is CCCCCCCCCCCCCCCCCCSCCO[C@H]1O[C@@H](CO)[C@H](O[C@@H]2O[C@H](CO)[C@@H](O[C@@H]3O[C@H](CO[C@@H]4O[C@H](CO)[C@H](O)[C@@H](O)[C@@H]4O)[C@@H](O)[C@H](O)[C@@H]3O)[C@H](O)[C@@H]2O)[C@@H](O)[C@@H]1O. The highest BCUT2D eigenvalue weighted by atomic mass is 32.2. The quantitative estimate of drug-likeness (QED) is 0.0343. The molecule has 20 atom stereocenters. The van der Waals surface area contributed by atoms with Crippen LogP contribution in [0.15, 0.2) is 0 Å². The van der Waals surface area contributed by atoms with Gasteiger partial charge in [-0.15, -0.1) is 0 Å². The molecule has 22 heteroatoms. The summed E-state index contributed by atoms with van der Waals surface area (Å²) < 4.78 is 44.9. The summed E-state index contributed by atoms with van der Waals surface area (Å²) >= 11 is 1.70. The van der Waals surface area contributed by atoms with Crippen molar-refractivity contribution in [2.75, 3.05) is 44.5 Å². The minimum Gasteiger partial charge on any atom is -0.394 e. The topological polar surface area (TPSA) is 337 Å². The van der Waals surface area contributed by atoms with Crippen LogP contribution >= 0.6 is 11.8 Å². The largest absolute Gasteiger partial charge is 0.394 e. The number of unbranched alkanes of at least 4 members (excludes halogenated alkanes) is 15. The fraction of sp³-hybridized carbons (Fsp3) is 1.00. The Morgan fingerprint density at radius 2 is 0.727 bits per heavy atom. The minimum absolute atomic E-state index is 0.194. The maximum atomic E-state index is 11.2. The summed E-state index contributed by atoms with van der Waals surface area (Å²) in [6.45, 7) is -0.560. The van der Waals surface area contributed by atoms with Gasteiger partial charge in [0.05, 0.1) is 33.0 Å². The molecule has 13 N–H and O–H groups in total. The molecule has 0 aromatic heterocycles. The fourth-order valence-corrected chi connectivity index (χ4v) is 9.47. The van der Waals surface area contributed by atoms with Gasteiger partial charge in [-0.25, -0.2) is 0 Å². The van der Waals surface area contributed by atoms with E-state index in [0.29, 0.717) is 5.75 Å². The lowest BCUT2D eigenvalue weighted by Crippen LogP contribution is -2.66. The second kappa shape index (κ2) is 31.1. The van der Waals surface area contributed by atoms with Gasteiger partial charge in [0, 0.05) is 5.75 Å². The molecule has 4 aliphatic rings. The number of aliphatic hydroxyl groups is 13. The van der Waals surface area contributed by atoms with Crippen LogP contribution in [0.2, 0.25) is 0 Å². The Kier molecular flexibility index (Phi) is 27.3. The van der Waals surface area contributed by atoms with E-state index in [1.54, 1.807) is 11.8 Å². The fourth-order valence-electron chi connectivity index (χ4n) is 8.64. The Hall–Kier alpha value is -0.490. The second-order valence-electron chi connectivity index (χ2n) is 17.9. The van der Waals surface area contributed by atoms with Crippen molar-refractivity contribution in [1.82, 2.24) is 0 Å². The van der Waals surface area contributed by atoms with E-state index in [9.17, 15) is 66.4 Å². The first-order valence-corrected chi connectivity index (χ1v) is 25.3. The normalized spacial score (nSPS) is 39.9. The number of thioether (sulfide) groups is 1. The molecular weight excluding hydrogens is 897 g/mol. The van der Waals surface area contributed by atoms with Crippen LogP contribution in [0.3, 0.4) is 0 Å². The molecule has 4 aliphatic heterocycles. The molecule has 4 saturated heterocycles. The van der Waals surface area contributed by atoms with Crippen LogP contribution in [0.5, 0.6) is 0 Å². The first-order chi connectivity index (χ1) is 31.8. The zero-order valence-corrected chi connectivity index (χ0v) is 39.1. The Balaban J connectivity index is 1.15. The molecule has 4 heterocycles. The Labute approximate surface area is 392 Å². The van der Waals surface area contributed by atoms with Gasteiger partial charge in [0.25, 0.3) is 0 Å². The first-order valence-electron chi connectivity index (χ1n) is 24.2. The predicted molar refractivity (Wildman–Crippen MR) is 234 cm³/mol. The van der Waals surface area contributed by atoms with Crippen molar-refractivity contribution in [3.63, 3.8) is 0 Å². The van der Waals surface area contributed by atoms with Gasteiger partial charge >= 0.3 is 0 Å². The smallest absolute Gasteiger partial charge is 0.187 e. The van der Waals surface area contributed by atoms with Crippen LogP contribution in [-0.2, 0) is 37.9 Å². The molecule has 0 radical (unpaired) electrons. The third kappa shape index (κ3) is 17.1. The van der Waals surface area contributed by atoms with Crippen molar-refractivity contribution >= 4 is 11.8 Å². The van der Waals surface area contributed by atoms with E-state index >= 15 is 0 Å². The molecule has 21 nitrogen and oxygen atoms in total. The zero-order chi connectivity index (χ0) is 48.2. The summed E-state index contributed by atoms with van der Waals surface area (Å²) in [6, 6.07) is 0. The zero-order valence-electron chi connectivity index (χ0n) is 38.3. The predicted octanol–water partition coefficient (Wildman–Crippen LogP) is -1.73. The van der Waals surface area contributed by atoms with Crippen LogP contribution in [0, 0.1) is 0 Å². The second-order valence-corrected chi connectivity index (χ2v) is 19.2. The van der Waals surface area contributed by atoms with Gasteiger partial charge < -0.3 is 104 Å². The molecule has 0 spiro atoms. The van der Waals surface area contributed by atoms with Crippen LogP contribution < -0.4 is 0 Å². The molecular formula is C44H82O21S. The Morgan fingerprint density at radius 1 is 0.364 bits per heavy atom. The van der Waals surface area contributed by atoms with Gasteiger partial charge in [-0.3, -0.25) is 0 Å². The van der Waals surface area contributed by atoms with Gasteiger partial charge in [-0.1, -0.05) is 103 Å². The molecule has 0 aromatic rings. The molecule has 4 fully saturated rings. The standard InChI is InChI=1S/C44H82O21S/c1-2-3-4-5-6-7-8-9-10-11-12-13-14-15-16-17-19-66-20-18-58-41-37(56)33(52)39(26(22-46)61-41)65-44-38(57)34(53)40(27(23-47)62-44)64-43-36(55)32(51)30(49)28(63-43)24-59-42-35(54)31(50)29(48)25(21-45)60-42/h25-57H,2-24H2,1H3/t25-,26+,27-,28-,29+,30-,31-,32+,33+,34-,35+,36+,37+,38+,39+,40-,41+,42-,43+,44+/m1/s1. The van der Waals surface area contributed by atoms with Gasteiger partial charge in [0.1, 0.15) is 97.7 Å². The maximum absolute atomic E-state index is 11.2. The van der Waals surface area contributed by atoms with E-state index in [1.807, 2.05) is 0 Å². The summed E-state index contributed by atoms with van der Waals surface area (Å²) in [5, 5.41) is 136. The lowest BCUT2D eigenvalue weighted by Gasteiger charge is -2.48. The van der Waals surface area contributed by atoms with Gasteiger partial charge in [0.2, 0.25) is 0 Å². The molecule has 4 rings (SSSR count). The number of hydrogen-bond acceptors (Lipinski definition) is 22. The van der Waals surface area contributed by atoms with E-state index in [1.165, 1.54) is 89.9 Å². The molecule has 0 amide bonds. The maximum Gasteiger partial charge on any atom is 0.187 e. The average Bonchev–Trinajstić information content (AvgIpc) is 3.31. The summed E-state index contributed by atoms with van der Waals surface area (Å²) in [6.07, 6.45) is -12.9. The van der Waals surface area contributed by atoms with Crippen LogP contribution in [0.25, 0.3) is 0 Å². The molecule has 0 saturated carbocycles. The van der Waals surface area contributed by atoms with Crippen molar-refractivity contribution in [2.24, 2.45) is 0 Å². The highest BCUT2D eigenvalue weighted by Gasteiger charge is 2.54. The summed E-state index contributed by atoms with van der Waals surface area (Å²) in [7, 11) is 0. The van der Waals surface area contributed by atoms with Gasteiger partial charge in [-0.2, -0.15) is 11.8 Å². The molecule has 0 bridgehead atoms. The first kappa shape index (κ1) is 58.1. The molecule has 0 aromatic carbocycles. The minimum atomic E-state index is -1.98. The lowest BCUT2D eigenvalue weighted by molar-refractivity contribution is -0.381. The molecule has 390 valence electrons. The van der Waals surface area contributed by atoms with Crippen LogP contribution in [-0.4, -0.2) is 234 Å². The van der Waals surface area contributed by atoms with Crippen molar-refractivity contribution < 1.29 is 104 Å². The third-order valence-corrected chi connectivity index (χ3v) is 13.9. The summed E-state index contributed by atoms with van der Waals surface area (Å²) in [5.41, 5.74) is 0.